The highest BCUT2D eigenvalue weighted by atomic mass is 16.2. The largest absolute Gasteiger partial charge is 0.337 e. The lowest BCUT2D eigenvalue weighted by molar-refractivity contribution is -0.146. The summed E-state index contributed by atoms with van der Waals surface area (Å²) >= 11 is 0. The van der Waals surface area contributed by atoms with Gasteiger partial charge in [0.1, 0.15) is 13.1 Å². The van der Waals surface area contributed by atoms with Crippen LogP contribution in [0.15, 0.2) is 0 Å². The molecule has 1 heterocycles. The maximum Gasteiger partial charge on any atom is 0.246 e. The number of likely N-dealkylation sites (N-methyl/N-ethyl adjacent to an activating group) is 1. The molecule has 0 aliphatic carbocycles. The minimum atomic E-state index is -0.505. The smallest absolute Gasteiger partial charge is 0.246 e. The molecule has 1 aliphatic rings. The minimum Gasteiger partial charge on any atom is -0.337 e. The summed E-state index contributed by atoms with van der Waals surface area (Å²) in [5.74, 6) is -1.67. The number of rotatable bonds is 2. The summed E-state index contributed by atoms with van der Waals surface area (Å²) in [4.78, 5) is 46.9. The van der Waals surface area contributed by atoms with E-state index in [9.17, 15) is 19.2 Å². The Morgan fingerprint density at radius 2 is 1.81 bits per heavy atom. The molecule has 0 saturated carbocycles. The quantitative estimate of drug-likeness (QED) is 0.550. The zero-order chi connectivity index (χ0) is 12.3. The van der Waals surface area contributed by atoms with Crippen LogP contribution in [0.4, 0.5) is 0 Å². The molecule has 7 nitrogen and oxygen atoms in total. The van der Waals surface area contributed by atoms with Gasteiger partial charge in [0, 0.05) is 14.0 Å². The lowest BCUT2D eigenvalue weighted by atomic mass is 10.3. The van der Waals surface area contributed by atoms with Gasteiger partial charge in [0.2, 0.25) is 23.6 Å². The minimum absolute atomic E-state index is 0.129. The lowest BCUT2D eigenvalue weighted by Gasteiger charge is -2.27. The Bertz CT molecular complexity index is 337. The molecule has 1 saturated heterocycles. The van der Waals surface area contributed by atoms with Crippen molar-refractivity contribution in [3.8, 4) is 0 Å². The monoisotopic (exact) mass is 227 g/mol. The van der Waals surface area contributed by atoms with Gasteiger partial charge < -0.3 is 9.80 Å². The van der Waals surface area contributed by atoms with Crippen molar-refractivity contribution < 1.29 is 19.2 Å². The lowest BCUT2D eigenvalue weighted by Crippen LogP contribution is -2.55. The fourth-order valence-corrected chi connectivity index (χ4v) is 1.23. The first-order valence-corrected chi connectivity index (χ1v) is 4.72. The van der Waals surface area contributed by atoms with E-state index in [1.807, 2.05) is 0 Å². The molecule has 0 atom stereocenters. The number of amides is 4. The van der Waals surface area contributed by atoms with E-state index in [4.69, 9.17) is 0 Å². The molecule has 0 bridgehead atoms. The maximum atomic E-state index is 11.6. The van der Waals surface area contributed by atoms with Gasteiger partial charge in [-0.2, -0.15) is 0 Å². The third-order valence-corrected chi connectivity index (χ3v) is 2.21. The molecular weight excluding hydrogens is 214 g/mol. The Kier molecular flexibility index (Phi) is 3.60. The van der Waals surface area contributed by atoms with E-state index in [0.29, 0.717) is 0 Å². The second-order valence-corrected chi connectivity index (χ2v) is 3.60. The molecule has 0 unspecified atom stereocenters. The topological polar surface area (TPSA) is 86.8 Å². The molecule has 0 aromatic rings. The second kappa shape index (κ2) is 4.73. The summed E-state index contributed by atoms with van der Waals surface area (Å²) in [6.45, 7) is 0.921. The van der Waals surface area contributed by atoms with E-state index >= 15 is 0 Å². The standard InChI is InChI=1S/C9H13N3O4/c1-6(13)11(2)5-9(16)12-3-7(14)10-8(15)4-12/h3-5H2,1-2H3,(H,10,14,15). The summed E-state index contributed by atoms with van der Waals surface area (Å²) in [7, 11) is 1.48. The van der Waals surface area contributed by atoms with Gasteiger partial charge in [-0.25, -0.2) is 0 Å². The van der Waals surface area contributed by atoms with Crippen LogP contribution in [0, 0.1) is 0 Å². The van der Waals surface area contributed by atoms with Crippen LogP contribution in [-0.4, -0.2) is 60.1 Å². The molecule has 88 valence electrons. The average Bonchev–Trinajstić information content (AvgIpc) is 2.15. The van der Waals surface area contributed by atoms with Gasteiger partial charge in [0.15, 0.2) is 0 Å². The van der Waals surface area contributed by atoms with Crippen LogP contribution in [0.3, 0.4) is 0 Å². The molecule has 1 N–H and O–H groups in total. The number of hydrogen-bond acceptors (Lipinski definition) is 4. The number of hydrogen-bond donors (Lipinski definition) is 1. The Labute approximate surface area is 92.4 Å². The van der Waals surface area contributed by atoms with Crippen molar-refractivity contribution in [2.45, 2.75) is 6.92 Å². The Morgan fingerprint density at radius 1 is 1.31 bits per heavy atom. The molecule has 0 aromatic carbocycles. The predicted octanol–water partition coefficient (Wildman–Crippen LogP) is -2.05. The predicted molar refractivity (Wildman–Crippen MR) is 53.0 cm³/mol. The molecule has 1 rings (SSSR count). The van der Waals surface area contributed by atoms with E-state index in [0.717, 1.165) is 4.90 Å². The van der Waals surface area contributed by atoms with Crippen LogP contribution >= 0.6 is 0 Å². The number of piperazine rings is 1. The number of carbonyl (C=O) groups is 4. The van der Waals surface area contributed by atoms with Gasteiger partial charge in [-0.3, -0.25) is 24.5 Å². The van der Waals surface area contributed by atoms with Gasteiger partial charge in [0.05, 0.1) is 6.54 Å². The summed E-state index contributed by atoms with van der Waals surface area (Å²) < 4.78 is 0. The van der Waals surface area contributed by atoms with Crippen molar-refractivity contribution in [1.29, 1.82) is 0 Å². The van der Waals surface area contributed by atoms with E-state index < -0.39 is 17.7 Å². The Hall–Kier alpha value is -1.92. The molecular formula is C9H13N3O4. The molecule has 1 aliphatic heterocycles. The Balaban J connectivity index is 2.57. The number of nitrogens with zero attached hydrogens (tertiary/aromatic N) is 2. The fourth-order valence-electron chi connectivity index (χ4n) is 1.23. The Morgan fingerprint density at radius 3 is 2.25 bits per heavy atom. The van der Waals surface area contributed by atoms with Crippen molar-refractivity contribution in [2.24, 2.45) is 0 Å². The van der Waals surface area contributed by atoms with Crippen molar-refractivity contribution >= 4 is 23.6 Å². The van der Waals surface area contributed by atoms with Crippen LogP contribution < -0.4 is 5.32 Å². The second-order valence-electron chi connectivity index (χ2n) is 3.60. The highest BCUT2D eigenvalue weighted by Crippen LogP contribution is 1.97. The average molecular weight is 227 g/mol. The van der Waals surface area contributed by atoms with Crippen LogP contribution in [0.2, 0.25) is 0 Å². The van der Waals surface area contributed by atoms with Crippen LogP contribution in [0.5, 0.6) is 0 Å². The fraction of sp³-hybridized carbons (Fsp3) is 0.556. The molecule has 0 aromatic heterocycles. The summed E-state index contributed by atoms with van der Waals surface area (Å²) in [6, 6.07) is 0. The third kappa shape index (κ3) is 3.04. The van der Waals surface area contributed by atoms with Crippen molar-refractivity contribution in [3.05, 3.63) is 0 Å². The molecule has 1 fully saturated rings. The van der Waals surface area contributed by atoms with E-state index in [-0.39, 0.29) is 25.5 Å². The van der Waals surface area contributed by atoms with Gasteiger partial charge in [0.25, 0.3) is 0 Å². The van der Waals surface area contributed by atoms with Gasteiger partial charge in [-0.15, -0.1) is 0 Å². The normalized spacial score (nSPS) is 15.8. The SMILES string of the molecule is CC(=O)N(C)CC(=O)N1CC(=O)NC(=O)C1. The van der Waals surface area contributed by atoms with Gasteiger partial charge in [-0.05, 0) is 0 Å². The first-order chi connectivity index (χ1) is 7.40. The van der Waals surface area contributed by atoms with Gasteiger partial charge >= 0.3 is 0 Å². The van der Waals surface area contributed by atoms with Crippen LogP contribution in [0.25, 0.3) is 0 Å². The highest BCUT2D eigenvalue weighted by molar-refractivity contribution is 6.02. The van der Waals surface area contributed by atoms with E-state index in [1.165, 1.54) is 18.9 Å². The summed E-state index contributed by atoms with van der Waals surface area (Å²) in [6.07, 6.45) is 0. The molecule has 0 radical (unpaired) electrons. The van der Waals surface area contributed by atoms with Crippen molar-refractivity contribution in [2.75, 3.05) is 26.7 Å². The molecule has 16 heavy (non-hydrogen) atoms. The van der Waals surface area contributed by atoms with E-state index in [1.54, 1.807) is 0 Å². The molecule has 4 amide bonds. The highest BCUT2D eigenvalue weighted by Gasteiger charge is 2.26. The first-order valence-electron chi connectivity index (χ1n) is 4.72. The number of imide groups is 1. The summed E-state index contributed by atoms with van der Waals surface area (Å²) in [5.41, 5.74) is 0. The summed E-state index contributed by atoms with van der Waals surface area (Å²) in [5, 5.41) is 2.09. The number of carbonyl (C=O) groups excluding carboxylic acids is 4. The van der Waals surface area contributed by atoms with Crippen molar-refractivity contribution in [3.63, 3.8) is 0 Å². The maximum absolute atomic E-state index is 11.6. The van der Waals surface area contributed by atoms with Gasteiger partial charge in [-0.1, -0.05) is 0 Å². The first kappa shape index (κ1) is 12.2. The number of nitrogens with one attached hydrogen (secondary N) is 1. The zero-order valence-corrected chi connectivity index (χ0v) is 9.15. The van der Waals surface area contributed by atoms with Crippen LogP contribution in [0.1, 0.15) is 6.92 Å². The van der Waals surface area contributed by atoms with E-state index in [2.05, 4.69) is 5.32 Å². The van der Waals surface area contributed by atoms with Crippen molar-refractivity contribution in [1.82, 2.24) is 15.1 Å². The molecule has 0 spiro atoms. The third-order valence-electron chi connectivity index (χ3n) is 2.21. The molecule has 7 heteroatoms. The van der Waals surface area contributed by atoms with Crippen LogP contribution in [-0.2, 0) is 19.2 Å². The zero-order valence-electron chi connectivity index (χ0n) is 9.15.